The third kappa shape index (κ3) is 3.44. The van der Waals surface area contributed by atoms with Gasteiger partial charge in [0, 0.05) is 23.9 Å². The van der Waals surface area contributed by atoms with Gasteiger partial charge in [0.05, 0.1) is 18.3 Å². The van der Waals surface area contributed by atoms with Crippen molar-refractivity contribution in [3.8, 4) is 11.4 Å². The number of benzene rings is 2. The molecule has 3 aromatic rings. The van der Waals surface area contributed by atoms with Gasteiger partial charge in [-0.15, -0.1) is 0 Å². The molecule has 2 aliphatic heterocycles. The van der Waals surface area contributed by atoms with Gasteiger partial charge in [0.15, 0.2) is 11.9 Å². The predicted octanol–water partition coefficient (Wildman–Crippen LogP) is 2.24. The van der Waals surface area contributed by atoms with Gasteiger partial charge in [-0.05, 0) is 5.56 Å². The van der Waals surface area contributed by atoms with Gasteiger partial charge in [0.25, 0.3) is 5.91 Å². The molecule has 1 fully saturated rings. The van der Waals surface area contributed by atoms with Crippen LogP contribution in [0, 0.1) is 0 Å². The topological polar surface area (TPSA) is 84.4 Å². The third-order valence-corrected chi connectivity index (χ3v) is 5.42. The van der Waals surface area contributed by atoms with Gasteiger partial charge in [-0.1, -0.05) is 60.7 Å². The summed E-state index contributed by atoms with van der Waals surface area (Å²) < 4.78 is 5.68. The van der Waals surface area contributed by atoms with E-state index in [9.17, 15) is 9.59 Å². The minimum atomic E-state index is -0.777. The summed E-state index contributed by atoms with van der Waals surface area (Å²) in [5.41, 5.74) is 3.55. The first-order valence-corrected chi connectivity index (χ1v) is 9.84. The molecule has 7 nitrogen and oxygen atoms in total. The quantitative estimate of drug-likeness (QED) is 0.729. The van der Waals surface area contributed by atoms with E-state index in [4.69, 9.17) is 4.74 Å². The second kappa shape index (κ2) is 7.68. The summed E-state index contributed by atoms with van der Waals surface area (Å²) >= 11 is 0. The molecule has 1 saturated heterocycles. The van der Waals surface area contributed by atoms with Gasteiger partial charge < -0.3 is 15.0 Å². The Kier molecular flexibility index (Phi) is 4.72. The van der Waals surface area contributed by atoms with Crippen LogP contribution in [0.4, 0.5) is 0 Å². The van der Waals surface area contributed by atoms with E-state index in [1.54, 1.807) is 11.1 Å². The number of hydrogen-bond acceptors (Lipinski definition) is 5. The summed E-state index contributed by atoms with van der Waals surface area (Å²) in [4.78, 5) is 36.1. The zero-order valence-electron chi connectivity index (χ0n) is 16.2. The summed E-state index contributed by atoms with van der Waals surface area (Å²) in [5, 5.41) is 2.90. The highest BCUT2D eigenvalue weighted by Crippen LogP contribution is 2.28. The fourth-order valence-corrected chi connectivity index (χ4v) is 3.90. The zero-order valence-corrected chi connectivity index (χ0v) is 16.2. The molecular formula is C23H20N4O3. The van der Waals surface area contributed by atoms with E-state index in [-0.39, 0.29) is 18.4 Å². The van der Waals surface area contributed by atoms with E-state index < -0.39 is 12.1 Å². The van der Waals surface area contributed by atoms with E-state index in [0.717, 1.165) is 22.4 Å². The summed E-state index contributed by atoms with van der Waals surface area (Å²) in [6, 6.07) is 18.7. The monoisotopic (exact) mass is 400 g/mol. The van der Waals surface area contributed by atoms with Crippen LogP contribution in [0.3, 0.4) is 0 Å². The first-order valence-electron chi connectivity index (χ1n) is 9.84. The van der Waals surface area contributed by atoms with Crippen LogP contribution in [0.2, 0.25) is 0 Å². The fourth-order valence-electron chi connectivity index (χ4n) is 3.90. The standard InChI is InChI=1S/C23H20N4O3/c28-19-14-30-21(20(26-19)15-7-3-1-4-8-15)23(29)27-12-17-11-24-22(25-18(17)13-27)16-9-5-2-6-10-16/h1-11,20-21H,12-14H2,(H,26,28)/t20-,21+/m1/s1. The Labute approximate surface area is 173 Å². The van der Waals surface area contributed by atoms with E-state index in [1.807, 2.05) is 60.7 Å². The van der Waals surface area contributed by atoms with Crippen molar-refractivity contribution in [3.63, 3.8) is 0 Å². The number of carbonyl (C=O) groups excluding carboxylic acids is 2. The van der Waals surface area contributed by atoms with Crippen LogP contribution in [0.25, 0.3) is 11.4 Å². The van der Waals surface area contributed by atoms with Crippen molar-refractivity contribution in [2.45, 2.75) is 25.2 Å². The smallest absolute Gasteiger partial charge is 0.254 e. The lowest BCUT2D eigenvalue weighted by molar-refractivity contribution is -0.155. The van der Waals surface area contributed by atoms with Crippen molar-refractivity contribution < 1.29 is 14.3 Å². The average Bonchev–Trinajstić information content (AvgIpc) is 3.23. The second-order valence-electron chi connectivity index (χ2n) is 7.41. The molecule has 0 radical (unpaired) electrons. The van der Waals surface area contributed by atoms with Crippen LogP contribution in [-0.4, -0.2) is 39.4 Å². The van der Waals surface area contributed by atoms with Crippen molar-refractivity contribution in [2.24, 2.45) is 0 Å². The van der Waals surface area contributed by atoms with Crippen molar-refractivity contribution in [1.29, 1.82) is 0 Å². The SMILES string of the molecule is O=C1CO[C@H](C(=O)N2Cc3cnc(-c4ccccc4)nc3C2)[C@@H](c2ccccc2)N1. The third-order valence-electron chi connectivity index (χ3n) is 5.42. The number of ether oxygens (including phenoxy) is 1. The molecule has 3 heterocycles. The minimum Gasteiger partial charge on any atom is -0.356 e. The molecule has 0 aliphatic carbocycles. The van der Waals surface area contributed by atoms with E-state index in [1.165, 1.54) is 0 Å². The molecule has 7 heteroatoms. The second-order valence-corrected chi connectivity index (χ2v) is 7.41. The molecule has 2 aliphatic rings. The summed E-state index contributed by atoms with van der Waals surface area (Å²) in [6.07, 6.45) is 1.01. The normalized spacial score (nSPS) is 20.5. The Hall–Kier alpha value is -3.58. The van der Waals surface area contributed by atoms with Crippen LogP contribution in [0.5, 0.6) is 0 Å². The number of hydrogen-bond donors (Lipinski definition) is 1. The number of nitrogens with one attached hydrogen (secondary N) is 1. The summed E-state index contributed by atoms with van der Waals surface area (Å²) in [6.45, 7) is 0.697. The van der Waals surface area contributed by atoms with Crippen LogP contribution in [-0.2, 0) is 27.4 Å². The maximum Gasteiger partial charge on any atom is 0.254 e. The van der Waals surface area contributed by atoms with Gasteiger partial charge in [0.2, 0.25) is 5.91 Å². The van der Waals surface area contributed by atoms with Crippen molar-refractivity contribution >= 4 is 11.8 Å². The Morgan fingerprint density at radius 3 is 2.53 bits per heavy atom. The minimum absolute atomic E-state index is 0.126. The maximum atomic E-state index is 13.3. The Morgan fingerprint density at radius 2 is 1.77 bits per heavy atom. The molecular weight excluding hydrogens is 380 g/mol. The van der Waals surface area contributed by atoms with Gasteiger partial charge in [-0.25, -0.2) is 9.97 Å². The molecule has 1 aromatic heterocycles. The lowest BCUT2D eigenvalue weighted by atomic mass is 9.99. The van der Waals surface area contributed by atoms with Crippen molar-refractivity contribution in [2.75, 3.05) is 6.61 Å². The Morgan fingerprint density at radius 1 is 1.03 bits per heavy atom. The van der Waals surface area contributed by atoms with Crippen LogP contribution in [0.15, 0.2) is 66.9 Å². The summed E-state index contributed by atoms with van der Waals surface area (Å²) in [7, 11) is 0. The predicted molar refractivity (Wildman–Crippen MR) is 109 cm³/mol. The molecule has 0 unspecified atom stereocenters. The highest BCUT2D eigenvalue weighted by molar-refractivity contribution is 5.86. The van der Waals surface area contributed by atoms with Gasteiger partial charge in [0.1, 0.15) is 6.61 Å². The molecule has 0 bridgehead atoms. The highest BCUT2D eigenvalue weighted by atomic mass is 16.5. The largest absolute Gasteiger partial charge is 0.356 e. The van der Waals surface area contributed by atoms with Crippen LogP contribution >= 0.6 is 0 Å². The van der Waals surface area contributed by atoms with Gasteiger partial charge >= 0.3 is 0 Å². The Bertz CT molecular complexity index is 1090. The number of amides is 2. The molecule has 0 spiro atoms. The van der Waals surface area contributed by atoms with E-state index in [2.05, 4.69) is 15.3 Å². The molecule has 0 saturated carbocycles. The summed E-state index contributed by atoms with van der Waals surface area (Å²) in [5.74, 6) is 0.256. The van der Waals surface area contributed by atoms with Crippen LogP contribution in [0.1, 0.15) is 22.9 Å². The lowest BCUT2D eigenvalue weighted by Gasteiger charge is -2.33. The zero-order chi connectivity index (χ0) is 20.5. The molecule has 2 aromatic carbocycles. The molecule has 2 atom stereocenters. The Balaban J connectivity index is 1.37. The molecule has 30 heavy (non-hydrogen) atoms. The number of morpholine rings is 1. The maximum absolute atomic E-state index is 13.3. The first-order chi connectivity index (χ1) is 14.7. The number of nitrogens with zero attached hydrogens (tertiary/aromatic N) is 3. The van der Waals surface area contributed by atoms with E-state index >= 15 is 0 Å². The molecule has 1 N–H and O–H groups in total. The van der Waals surface area contributed by atoms with Gasteiger partial charge in [-0.2, -0.15) is 0 Å². The average molecular weight is 400 g/mol. The fraction of sp³-hybridized carbons (Fsp3) is 0.217. The molecule has 2 amide bonds. The van der Waals surface area contributed by atoms with Gasteiger partial charge in [-0.3, -0.25) is 9.59 Å². The number of rotatable bonds is 3. The van der Waals surface area contributed by atoms with Crippen molar-refractivity contribution in [3.05, 3.63) is 83.7 Å². The molecule has 150 valence electrons. The van der Waals surface area contributed by atoms with E-state index in [0.29, 0.717) is 18.9 Å². The lowest BCUT2D eigenvalue weighted by Crippen LogP contribution is -2.52. The van der Waals surface area contributed by atoms with Crippen LogP contribution < -0.4 is 5.32 Å². The number of aromatic nitrogens is 2. The first kappa shape index (κ1) is 18.4. The van der Waals surface area contributed by atoms with Crippen molar-refractivity contribution in [1.82, 2.24) is 20.2 Å². The molecule has 5 rings (SSSR count). The highest BCUT2D eigenvalue weighted by Gasteiger charge is 2.40. The number of fused-ring (bicyclic) bond motifs is 1. The number of carbonyl (C=O) groups is 2.